The fraction of sp³-hybridized carbons (Fsp3) is 0.556. The molecule has 0 saturated carbocycles. The zero-order chi connectivity index (χ0) is 44.7. The summed E-state index contributed by atoms with van der Waals surface area (Å²) in [6.45, 7) is 1.38. The Bertz CT molecular complexity index is 2400. The van der Waals surface area contributed by atoms with E-state index in [0.717, 1.165) is 29.6 Å². The molecule has 1 aromatic carbocycles. The molecule has 0 aliphatic carbocycles. The van der Waals surface area contributed by atoms with Gasteiger partial charge in [0.2, 0.25) is 0 Å². The molecule has 5 aromatic rings. The normalized spacial score (nSPS) is 25.8. The molecule has 27 heteroatoms. The standard InChI is InChI=1S/C36H49BF2N10O11P2S/c1-4-23-29(25(38)35(57-23)48-19-46-27-31(40)42-17-44-33(27)48)60-62(51,63-16-22-8-6-21(7-9-22)14-55-13-12-54-11-10-53-5-2)56-15-24-30(59-61(37,50)52-3)26(39)36(58-24)49-20-47-28-32(41)43-18-45-34(28)49/h6-9,17-20,23-26,29-30,35-36H,4-5,10-16,37H2,1-3H3,(H2,40,42,44)(H2,41,43,45)/t23-,24-,25-,26-,29-,30-,35-,36-,61?,62?/m1/s1. The highest BCUT2D eigenvalue weighted by molar-refractivity contribution is 8.54. The van der Waals surface area contributed by atoms with Crippen molar-refractivity contribution < 1.29 is 59.7 Å². The van der Waals surface area contributed by atoms with E-state index < -0.39 is 70.1 Å². The van der Waals surface area contributed by atoms with Crippen LogP contribution in [-0.4, -0.2) is 130 Å². The lowest BCUT2D eigenvalue weighted by atomic mass is 10.1. The quantitative estimate of drug-likeness (QED) is 0.0519. The number of halogens is 2. The Labute approximate surface area is 365 Å². The monoisotopic (exact) mass is 940 g/mol. The summed E-state index contributed by atoms with van der Waals surface area (Å²) in [6, 6.07) is 7.37. The Morgan fingerprint density at radius 1 is 0.762 bits per heavy atom. The Hall–Kier alpha value is -3.71. The summed E-state index contributed by atoms with van der Waals surface area (Å²) in [5.74, 6) is 0.228. The SMILES string of the molecule is BP(=O)(OC)O[C@H]1[C@@H](F)[C@H](n2cnc3c(N)ncnc32)O[C@@H]1COP(=O)(O[C@H]1[C@@H](F)[C@H](n2cnc3c(N)ncnc32)O[C@@H]1CC)SCc1ccc(COCCOCCOCC)cc1. The van der Waals surface area contributed by atoms with Crippen LogP contribution >= 0.6 is 25.7 Å². The number of aromatic nitrogens is 8. The lowest BCUT2D eigenvalue weighted by molar-refractivity contribution is -0.0434. The van der Waals surface area contributed by atoms with Gasteiger partial charge in [-0.05, 0) is 35.9 Å². The molecule has 63 heavy (non-hydrogen) atoms. The fourth-order valence-electron chi connectivity index (χ4n) is 6.90. The van der Waals surface area contributed by atoms with E-state index in [4.69, 9.17) is 53.2 Å². The van der Waals surface area contributed by atoms with Gasteiger partial charge in [0.05, 0.1) is 58.4 Å². The summed E-state index contributed by atoms with van der Waals surface area (Å²) in [5, 5.41) is 0. The van der Waals surface area contributed by atoms with E-state index in [1.807, 2.05) is 31.2 Å². The van der Waals surface area contributed by atoms with Gasteiger partial charge in [0, 0.05) is 19.5 Å². The van der Waals surface area contributed by atoms with Crippen molar-refractivity contribution in [1.29, 1.82) is 0 Å². The molecule has 21 nitrogen and oxygen atoms in total. The average Bonchev–Trinajstić information content (AvgIpc) is 4.05. The minimum atomic E-state index is -4.45. The van der Waals surface area contributed by atoms with Crippen LogP contribution in [0.25, 0.3) is 22.3 Å². The van der Waals surface area contributed by atoms with Crippen molar-refractivity contribution in [3.63, 3.8) is 0 Å². The number of nitrogens with two attached hydrogens (primary N) is 2. The van der Waals surface area contributed by atoms with Crippen molar-refractivity contribution >= 4 is 67.2 Å². The number of nitrogen functional groups attached to an aromatic ring is 2. The maximum atomic E-state index is 16.7. The Kier molecular flexibility index (Phi) is 15.8. The predicted molar refractivity (Wildman–Crippen MR) is 229 cm³/mol. The number of fused-ring (bicyclic) bond motifs is 2. The molecule has 10 atom stereocenters. The van der Waals surface area contributed by atoms with Crippen molar-refractivity contribution in [2.75, 3.05) is 58.2 Å². The number of rotatable bonds is 23. The third kappa shape index (κ3) is 11.1. The highest BCUT2D eigenvalue weighted by Crippen LogP contribution is 2.64. The highest BCUT2D eigenvalue weighted by Gasteiger charge is 2.53. The number of hydrogen-bond donors (Lipinski definition) is 2. The summed E-state index contributed by atoms with van der Waals surface area (Å²) in [5.41, 5.74) is 14.4. The van der Waals surface area contributed by atoms with Crippen LogP contribution in [0, 0.1) is 0 Å². The Balaban J connectivity index is 1.10. The first kappa shape index (κ1) is 47.3. The zero-order valence-corrected chi connectivity index (χ0v) is 37.5. The number of nitrogens with zero attached hydrogens (tertiary/aromatic N) is 8. The van der Waals surface area contributed by atoms with Gasteiger partial charge in [-0.3, -0.25) is 22.7 Å². The van der Waals surface area contributed by atoms with E-state index in [-0.39, 0.29) is 46.1 Å². The van der Waals surface area contributed by atoms with E-state index in [1.165, 1.54) is 42.0 Å². The van der Waals surface area contributed by atoms with Gasteiger partial charge in [-0.1, -0.05) is 31.2 Å². The number of anilines is 2. The van der Waals surface area contributed by atoms with Gasteiger partial charge in [0.15, 0.2) is 47.7 Å². The third-order valence-electron chi connectivity index (χ3n) is 10.2. The molecule has 4 N–H and O–H groups in total. The van der Waals surface area contributed by atoms with Crippen LogP contribution in [0.2, 0.25) is 0 Å². The summed E-state index contributed by atoms with van der Waals surface area (Å²) in [7, 11) is -1.54. The van der Waals surface area contributed by atoms with Crippen LogP contribution in [0.3, 0.4) is 0 Å². The first-order valence-corrected chi connectivity index (χ1v) is 25.1. The highest BCUT2D eigenvalue weighted by atomic mass is 32.7. The van der Waals surface area contributed by atoms with Crippen molar-refractivity contribution in [3.8, 4) is 0 Å². The average molecular weight is 941 g/mol. The van der Waals surface area contributed by atoms with Crippen LogP contribution in [-0.2, 0) is 63.3 Å². The number of ether oxygens (including phenoxy) is 5. The number of imidazole rings is 2. The van der Waals surface area contributed by atoms with Crippen molar-refractivity contribution in [1.82, 2.24) is 39.0 Å². The van der Waals surface area contributed by atoms with Crippen molar-refractivity contribution in [2.24, 2.45) is 0 Å². The molecular formula is C36H49BF2N10O11P2S. The molecule has 2 unspecified atom stereocenters. The van der Waals surface area contributed by atoms with E-state index >= 15 is 13.3 Å². The van der Waals surface area contributed by atoms with Gasteiger partial charge in [-0.25, -0.2) is 43.2 Å². The molecular weight excluding hydrogens is 891 g/mol. The first-order valence-electron chi connectivity index (χ1n) is 20.0. The van der Waals surface area contributed by atoms with Crippen molar-refractivity contribution in [2.45, 2.75) is 81.8 Å². The number of hydrogen-bond acceptors (Lipinski definition) is 20. The van der Waals surface area contributed by atoms with E-state index in [2.05, 4.69) is 29.9 Å². The molecule has 0 amide bonds. The summed E-state index contributed by atoms with van der Waals surface area (Å²) in [6.07, 6.45) is -6.70. The van der Waals surface area contributed by atoms with Gasteiger partial charge in [0.25, 0.3) is 15.0 Å². The minimum Gasteiger partial charge on any atom is -0.382 e. The lowest BCUT2D eigenvalue weighted by Gasteiger charge is -2.27. The Morgan fingerprint density at radius 3 is 1.87 bits per heavy atom. The van der Waals surface area contributed by atoms with Gasteiger partial charge in [0.1, 0.15) is 42.0 Å². The van der Waals surface area contributed by atoms with Crippen molar-refractivity contribution in [3.05, 3.63) is 60.7 Å². The molecule has 2 saturated heterocycles. The number of alkyl halides is 2. The molecule has 2 fully saturated rings. The van der Waals surface area contributed by atoms with Gasteiger partial charge in [-0.15, -0.1) is 0 Å². The lowest BCUT2D eigenvalue weighted by Crippen LogP contribution is -2.34. The third-order valence-corrected chi connectivity index (χ3v) is 15.1. The molecule has 6 heterocycles. The molecule has 0 spiro atoms. The smallest absolute Gasteiger partial charge is 0.382 e. The second kappa shape index (κ2) is 21.1. The Morgan fingerprint density at radius 2 is 1.30 bits per heavy atom. The van der Waals surface area contributed by atoms with Gasteiger partial charge < -0.3 is 44.2 Å². The molecule has 2 aliphatic rings. The maximum Gasteiger partial charge on any atom is 0.389 e. The summed E-state index contributed by atoms with van der Waals surface area (Å²) >= 11 is 0.784. The second-order valence-corrected chi connectivity index (χ2v) is 20.5. The topological polar surface area (TPSA) is 256 Å². The van der Waals surface area contributed by atoms with Crippen LogP contribution in [0.4, 0.5) is 20.4 Å². The summed E-state index contributed by atoms with van der Waals surface area (Å²) in [4.78, 5) is 24.7. The minimum absolute atomic E-state index is 0.0542. The summed E-state index contributed by atoms with van der Waals surface area (Å²) < 4.78 is 116. The molecule has 2 aliphatic heterocycles. The van der Waals surface area contributed by atoms with E-state index in [0.29, 0.717) is 39.6 Å². The van der Waals surface area contributed by atoms with Crippen LogP contribution in [0.5, 0.6) is 0 Å². The molecule has 7 rings (SSSR count). The molecule has 0 radical (unpaired) electrons. The van der Waals surface area contributed by atoms with Crippen LogP contribution in [0.1, 0.15) is 43.9 Å². The van der Waals surface area contributed by atoms with Crippen LogP contribution in [0.15, 0.2) is 49.6 Å². The largest absolute Gasteiger partial charge is 0.389 e. The maximum absolute atomic E-state index is 16.7. The first-order chi connectivity index (χ1) is 30.3. The zero-order valence-electron chi connectivity index (χ0n) is 34.9. The van der Waals surface area contributed by atoms with Crippen LogP contribution < -0.4 is 11.5 Å². The number of benzene rings is 1. The fourth-order valence-corrected chi connectivity index (χ4v) is 11.1. The molecule has 342 valence electrons. The molecule has 0 bridgehead atoms. The molecule has 4 aromatic heterocycles. The van der Waals surface area contributed by atoms with E-state index in [9.17, 15) is 4.57 Å². The van der Waals surface area contributed by atoms with E-state index in [1.54, 1.807) is 6.92 Å². The second-order valence-electron chi connectivity index (χ2n) is 14.4. The van der Waals surface area contributed by atoms with Gasteiger partial charge in [-0.2, -0.15) is 0 Å². The van der Waals surface area contributed by atoms with Gasteiger partial charge >= 0.3 is 6.80 Å². The predicted octanol–water partition coefficient (Wildman–Crippen LogP) is 4.50.